The molecular weight excluding hydrogens is 275 g/mol. The molecule has 0 spiro atoms. The molecule has 104 valence electrons. The molecule has 1 aromatic carbocycles. The maximum Gasteiger partial charge on any atom is 0.257 e. The first-order chi connectivity index (χ1) is 9.61. The van der Waals surface area contributed by atoms with Gasteiger partial charge in [-0.05, 0) is 43.4 Å². The van der Waals surface area contributed by atoms with E-state index in [1.807, 2.05) is 0 Å². The fourth-order valence-electron chi connectivity index (χ4n) is 2.39. The van der Waals surface area contributed by atoms with Gasteiger partial charge < -0.3 is 0 Å². The molecule has 1 unspecified atom stereocenters. The summed E-state index contributed by atoms with van der Waals surface area (Å²) >= 11 is 1.53. The minimum absolute atomic E-state index is 0.312. The van der Waals surface area contributed by atoms with Gasteiger partial charge in [-0.15, -0.1) is 11.3 Å². The van der Waals surface area contributed by atoms with Crippen LogP contribution in [0.25, 0.3) is 0 Å². The van der Waals surface area contributed by atoms with E-state index in [0.717, 1.165) is 25.0 Å². The number of aryl methyl sites for hydroxylation is 1. The number of hydrogen-bond donors (Lipinski definition) is 1. The number of hydrogen-bond acceptors (Lipinski definition) is 3. The SMILES string of the molecule is CC1CCc2nc(NC(=O)c3cccc(F)c3)sc2C1. The zero-order chi connectivity index (χ0) is 14.1. The average molecular weight is 290 g/mol. The fraction of sp³-hybridized carbons (Fsp3) is 0.333. The van der Waals surface area contributed by atoms with Crippen LogP contribution in [0, 0.1) is 11.7 Å². The summed E-state index contributed by atoms with van der Waals surface area (Å²) in [5, 5.41) is 3.37. The summed E-state index contributed by atoms with van der Waals surface area (Å²) in [6, 6.07) is 5.66. The zero-order valence-corrected chi connectivity index (χ0v) is 12.0. The Morgan fingerprint density at radius 3 is 3.15 bits per heavy atom. The Morgan fingerprint density at radius 1 is 1.50 bits per heavy atom. The van der Waals surface area contributed by atoms with E-state index in [2.05, 4.69) is 17.2 Å². The molecule has 1 aromatic heterocycles. The Bertz CT molecular complexity index is 653. The van der Waals surface area contributed by atoms with Gasteiger partial charge in [0.15, 0.2) is 5.13 Å². The largest absolute Gasteiger partial charge is 0.298 e. The third kappa shape index (κ3) is 2.72. The topological polar surface area (TPSA) is 42.0 Å². The van der Waals surface area contributed by atoms with Gasteiger partial charge in [-0.3, -0.25) is 10.1 Å². The minimum Gasteiger partial charge on any atom is -0.298 e. The van der Waals surface area contributed by atoms with Crippen molar-refractivity contribution in [3.8, 4) is 0 Å². The monoisotopic (exact) mass is 290 g/mol. The van der Waals surface area contributed by atoms with Crippen LogP contribution < -0.4 is 5.32 Å². The number of amides is 1. The Morgan fingerprint density at radius 2 is 2.35 bits per heavy atom. The van der Waals surface area contributed by atoms with Gasteiger partial charge in [-0.2, -0.15) is 0 Å². The number of thiazole rings is 1. The highest BCUT2D eigenvalue weighted by molar-refractivity contribution is 7.15. The number of benzene rings is 1. The van der Waals surface area contributed by atoms with Crippen LogP contribution in [-0.4, -0.2) is 10.9 Å². The van der Waals surface area contributed by atoms with Crippen molar-refractivity contribution >= 4 is 22.4 Å². The van der Waals surface area contributed by atoms with Crippen LogP contribution in [0.5, 0.6) is 0 Å². The summed E-state index contributed by atoms with van der Waals surface area (Å²) in [6.07, 6.45) is 3.15. The number of aromatic nitrogens is 1. The minimum atomic E-state index is -0.412. The Kier molecular flexibility index (Phi) is 3.53. The molecule has 1 aliphatic carbocycles. The molecule has 0 fully saturated rings. The van der Waals surface area contributed by atoms with E-state index in [1.165, 1.54) is 34.4 Å². The number of carbonyl (C=O) groups excluding carboxylic acids is 1. The summed E-state index contributed by atoms with van der Waals surface area (Å²) in [4.78, 5) is 17.8. The van der Waals surface area contributed by atoms with Crippen molar-refractivity contribution in [3.63, 3.8) is 0 Å². The van der Waals surface area contributed by atoms with E-state index in [9.17, 15) is 9.18 Å². The molecule has 0 radical (unpaired) electrons. The van der Waals surface area contributed by atoms with Gasteiger partial charge in [0.25, 0.3) is 5.91 Å². The third-order valence-electron chi connectivity index (χ3n) is 3.49. The van der Waals surface area contributed by atoms with Gasteiger partial charge in [0, 0.05) is 10.4 Å². The second-order valence-electron chi connectivity index (χ2n) is 5.20. The summed E-state index contributed by atoms with van der Waals surface area (Å²) in [5.74, 6) is -0.0525. The van der Waals surface area contributed by atoms with Gasteiger partial charge in [0.05, 0.1) is 5.69 Å². The quantitative estimate of drug-likeness (QED) is 0.917. The van der Waals surface area contributed by atoms with Crippen LogP contribution >= 0.6 is 11.3 Å². The number of rotatable bonds is 2. The van der Waals surface area contributed by atoms with Gasteiger partial charge >= 0.3 is 0 Å². The standard InChI is InChI=1S/C15H15FN2OS/c1-9-5-6-12-13(7-9)20-15(17-12)18-14(19)10-3-2-4-11(16)8-10/h2-4,8-9H,5-7H2,1H3,(H,17,18,19). The number of nitrogens with zero attached hydrogens (tertiary/aromatic N) is 1. The fourth-order valence-corrected chi connectivity index (χ4v) is 3.56. The number of fused-ring (bicyclic) bond motifs is 1. The molecule has 0 bridgehead atoms. The molecule has 0 saturated carbocycles. The second-order valence-corrected chi connectivity index (χ2v) is 6.28. The summed E-state index contributed by atoms with van der Waals surface area (Å²) in [7, 11) is 0. The van der Waals surface area contributed by atoms with Crippen molar-refractivity contribution < 1.29 is 9.18 Å². The molecule has 3 nitrogen and oxygen atoms in total. The molecule has 1 heterocycles. The molecule has 1 N–H and O–H groups in total. The predicted octanol–water partition coefficient (Wildman–Crippen LogP) is 3.66. The molecule has 1 atom stereocenters. The number of halogens is 1. The lowest BCUT2D eigenvalue weighted by atomic mass is 9.93. The molecular formula is C15H15FN2OS. The first-order valence-corrected chi connectivity index (χ1v) is 7.49. The second kappa shape index (κ2) is 5.32. The van der Waals surface area contributed by atoms with Crippen molar-refractivity contribution in [2.75, 3.05) is 5.32 Å². The normalized spacial score (nSPS) is 17.6. The predicted molar refractivity (Wildman–Crippen MR) is 77.7 cm³/mol. The van der Waals surface area contributed by atoms with Crippen LogP contribution in [0.4, 0.5) is 9.52 Å². The van der Waals surface area contributed by atoms with Gasteiger partial charge in [0.2, 0.25) is 0 Å². The number of nitrogens with one attached hydrogen (secondary N) is 1. The first-order valence-electron chi connectivity index (χ1n) is 6.67. The smallest absolute Gasteiger partial charge is 0.257 e. The summed E-state index contributed by atoms with van der Waals surface area (Å²) in [5.41, 5.74) is 1.41. The van der Waals surface area contributed by atoms with E-state index in [-0.39, 0.29) is 5.91 Å². The van der Waals surface area contributed by atoms with Gasteiger partial charge in [-0.1, -0.05) is 13.0 Å². The molecule has 2 aromatic rings. The average Bonchev–Trinajstić information content (AvgIpc) is 2.80. The first kappa shape index (κ1) is 13.2. The lowest BCUT2D eigenvalue weighted by molar-refractivity contribution is 0.102. The van der Waals surface area contributed by atoms with E-state index in [4.69, 9.17) is 0 Å². The molecule has 0 saturated heterocycles. The summed E-state index contributed by atoms with van der Waals surface area (Å²) in [6.45, 7) is 2.23. The highest BCUT2D eigenvalue weighted by Crippen LogP contribution is 2.32. The van der Waals surface area contributed by atoms with Crippen LogP contribution in [-0.2, 0) is 12.8 Å². The Hall–Kier alpha value is -1.75. The molecule has 5 heteroatoms. The van der Waals surface area contributed by atoms with E-state index < -0.39 is 5.82 Å². The highest BCUT2D eigenvalue weighted by Gasteiger charge is 2.20. The molecule has 1 aliphatic rings. The van der Waals surface area contributed by atoms with Crippen molar-refractivity contribution in [3.05, 3.63) is 46.2 Å². The van der Waals surface area contributed by atoms with Crippen LogP contribution in [0.1, 0.15) is 34.3 Å². The van der Waals surface area contributed by atoms with Crippen molar-refractivity contribution in [2.24, 2.45) is 5.92 Å². The molecule has 1 amide bonds. The lowest BCUT2D eigenvalue weighted by Crippen LogP contribution is -2.12. The maximum absolute atomic E-state index is 13.1. The van der Waals surface area contributed by atoms with E-state index in [0.29, 0.717) is 16.6 Å². The Balaban J connectivity index is 1.77. The van der Waals surface area contributed by atoms with Crippen LogP contribution in [0.3, 0.4) is 0 Å². The van der Waals surface area contributed by atoms with E-state index in [1.54, 1.807) is 6.07 Å². The summed E-state index contributed by atoms with van der Waals surface area (Å²) < 4.78 is 13.1. The van der Waals surface area contributed by atoms with Crippen LogP contribution in [0.15, 0.2) is 24.3 Å². The Labute approximate surface area is 120 Å². The number of carbonyl (C=O) groups is 1. The molecule has 0 aliphatic heterocycles. The third-order valence-corrected chi connectivity index (χ3v) is 4.53. The van der Waals surface area contributed by atoms with Gasteiger partial charge in [-0.25, -0.2) is 9.37 Å². The van der Waals surface area contributed by atoms with Crippen molar-refractivity contribution in [1.29, 1.82) is 0 Å². The van der Waals surface area contributed by atoms with E-state index >= 15 is 0 Å². The highest BCUT2D eigenvalue weighted by atomic mass is 32.1. The molecule has 20 heavy (non-hydrogen) atoms. The lowest BCUT2D eigenvalue weighted by Gasteiger charge is -2.15. The number of anilines is 1. The molecule has 3 rings (SSSR count). The van der Waals surface area contributed by atoms with Crippen LogP contribution in [0.2, 0.25) is 0 Å². The maximum atomic E-state index is 13.1. The zero-order valence-electron chi connectivity index (χ0n) is 11.1. The van der Waals surface area contributed by atoms with Gasteiger partial charge in [0.1, 0.15) is 5.82 Å². The van der Waals surface area contributed by atoms with Crippen molar-refractivity contribution in [1.82, 2.24) is 4.98 Å². The van der Waals surface area contributed by atoms with Crippen molar-refractivity contribution in [2.45, 2.75) is 26.2 Å².